The van der Waals surface area contributed by atoms with Crippen molar-refractivity contribution in [2.75, 3.05) is 12.4 Å². The molecule has 0 fully saturated rings. The van der Waals surface area contributed by atoms with Crippen LogP contribution in [0.3, 0.4) is 0 Å². The molecule has 1 amide bonds. The van der Waals surface area contributed by atoms with E-state index in [-0.39, 0.29) is 22.2 Å². The van der Waals surface area contributed by atoms with Gasteiger partial charge in [0.05, 0.1) is 19.0 Å². The average molecular weight is 349 g/mol. The number of aromatic nitrogens is 1. The van der Waals surface area contributed by atoms with E-state index in [0.29, 0.717) is 11.3 Å². The van der Waals surface area contributed by atoms with Crippen LogP contribution in [-0.2, 0) is 14.4 Å². The van der Waals surface area contributed by atoms with Crippen molar-refractivity contribution in [1.29, 1.82) is 0 Å². The number of methoxy groups -OCH3 is 1. The third kappa shape index (κ3) is 3.40. The fourth-order valence-corrected chi connectivity index (χ4v) is 2.81. The van der Waals surface area contributed by atoms with Gasteiger partial charge in [0.15, 0.2) is 5.13 Å². The van der Waals surface area contributed by atoms with E-state index in [4.69, 9.17) is 4.84 Å². The van der Waals surface area contributed by atoms with Gasteiger partial charge in [-0.25, -0.2) is 14.2 Å². The average Bonchev–Trinajstić information content (AvgIpc) is 3.23. The van der Waals surface area contributed by atoms with Crippen LogP contribution < -0.4 is 5.32 Å². The highest BCUT2D eigenvalue weighted by Gasteiger charge is 2.29. The molecule has 2 heterocycles. The monoisotopic (exact) mass is 349 g/mol. The standard InChI is InChI=1S/C15H12FN3O4S/c1-22-14(21)12-7-17-15(24-12)18-13(20)11-6-10(19-23-11)8-3-2-4-9(16)5-8/h2-5,7,11H,6H2,1H3,(H,17,18,20). The van der Waals surface area contributed by atoms with Crippen LogP contribution in [0.4, 0.5) is 9.52 Å². The maximum Gasteiger partial charge on any atom is 0.349 e. The first kappa shape index (κ1) is 16.1. The number of carbonyl (C=O) groups is 2. The molecule has 0 spiro atoms. The molecule has 1 aliphatic rings. The molecular weight excluding hydrogens is 337 g/mol. The van der Waals surface area contributed by atoms with Crippen molar-refractivity contribution in [3.8, 4) is 0 Å². The summed E-state index contributed by atoms with van der Waals surface area (Å²) < 4.78 is 17.8. The number of ether oxygens (including phenoxy) is 1. The predicted octanol–water partition coefficient (Wildman–Crippen LogP) is 2.20. The van der Waals surface area contributed by atoms with Gasteiger partial charge >= 0.3 is 5.97 Å². The Morgan fingerprint density at radius 1 is 1.46 bits per heavy atom. The van der Waals surface area contributed by atoms with Crippen molar-refractivity contribution < 1.29 is 23.6 Å². The van der Waals surface area contributed by atoms with Gasteiger partial charge in [0.1, 0.15) is 10.7 Å². The lowest BCUT2D eigenvalue weighted by Gasteiger charge is -2.06. The maximum absolute atomic E-state index is 13.2. The summed E-state index contributed by atoms with van der Waals surface area (Å²) in [5, 5.41) is 6.64. The number of carbonyl (C=O) groups excluding carboxylic acids is 2. The van der Waals surface area contributed by atoms with Crippen LogP contribution in [0, 0.1) is 5.82 Å². The molecule has 0 radical (unpaired) electrons. The minimum Gasteiger partial charge on any atom is -0.465 e. The Morgan fingerprint density at radius 3 is 3.04 bits per heavy atom. The van der Waals surface area contributed by atoms with E-state index in [1.165, 1.54) is 25.4 Å². The molecule has 1 aliphatic heterocycles. The minimum atomic E-state index is -0.839. The van der Waals surface area contributed by atoms with Crippen LogP contribution in [0.2, 0.25) is 0 Å². The van der Waals surface area contributed by atoms with Crippen LogP contribution in [0.25, 0.3) is 0 Å². The van der Waals surface area contributed by atoms with Crippen LogP contribution in [0.1, 0.15) is 21.7 Å². The lowest BCUT2D eigenvalue weighted by molar-refractivity contribution is -0.125. The van der Waals surface area contributed by atoms with Crippen molar-refractivity contribution in [2.45, 2.75) is 12.5 Å². The highest BCUT2D eigenvalue weighted by molar-refractivity contribution is 7.17. The molecule has 9 heteroatoms. The van der Waals surface area contributed by atoms with E-state index < -0.39 is 18.0 Å². The Balaban J connectivity index is 1.61. The number of amides is 1. The number of halogens is 1. The number of benzene rings is 1. The van der Waals surface area contributed by atoms with Gasteiger partial charge in [-0.05, 0) is 12.1 Å². The number of anilines is 1. The van der Waals surface area contributed by atoms with Crippen molar-refractivity contribution in [3.05, 3.63) is 46.7 Å². The van der Waals surface area contributed by atoms with Gasteiger partial charge in [0.25, 0.3) is 5.91 Å². The van der Waals surface area contributed by atoms with Crippen molar-refractivity contribution in [1.82, 2.24) is 4.98 Å². The normalized spacial score (nSPS) is 16.2. The second-order valence-electron chi connectivity index (χ2n) is 4.86. The summed E-state index contributed by atoms with van der Waals surface area (Å²) in [6.45, 7) is 0. The van der Waals surface area contributed by atoms with E-state index in [2.05, 4.69) is 20.2 Å². The predicted molar refractivity (Wildman–Crippen MR) is 84.5 cm³/mol. The molecule has 0 saturated carbocycles. The number of nitrogens with one attached hydrogen (secondary N) is 1. The number of oxime groups is 1. The van der Waals surface area contributed by atoms with Crippen molar-refractivity contribution >= 4 is 34.1 Å². The van der Waals surface area contributed by atoms with E-state index in [1.807, 2.05) is 0 Å². The molecular formula is C15H12FN3O4S. The number of thiazole rings is 1. The highest BCUT2D eigenvalue weighted by atomic mass is 32.1. The third-order valence-corrected chi connectivity index (χ3v) is 4.13. The Labute approximate surface area is 140 Å². The number of hydrogen-bond donors (Lipinski definition) is 1. The van der Waals surface area contributed by atoms with Gasteiger partial charge in [0.2, 0.25) is 6.10 Å². The molecule has 7 nitrogen and oxygen atoms in total. The molecule has 24 heavy (non-hydrogen) atoms. The van der Waals surface area contributed by atoms with Crippen molar-refractivity contribution in [3.63, 3.8) is 0 Å². The summed E-state index contributed by atoms with van der Waals surface area (Å²) in [5.41, 5.74) is 1.05. The van der Waals surface area contributed by atoms with Gasteiger partial charge in [-0.2, -0.15) is 0 Å². The zero-order chi connectivity index (χ0) is 17.1. The topological polar surface area (TPSA) is 89.9 Å². The molecule has 124 valence electrons. The maximum atomic E-state index is 13.2. The zero-order valence-corrected chi connectivity index (χ0v) is 13.3. The fraction of sp³-hybridized carbons (Fsp3) is 0.200. The molecule has 1 aromatic carbocycles. The van der Waals surface area contributed by atoms with Gasteiger partial charge in [-0.15, -0.1) is 0 Å². The summed E-state index contributed by atoms with van der Waals surface area (Å²) in [6, 6.07) is 5.90. The smallest absolute Gasteiger partial charge is 0.349 e. The summed E-state index contributed by atoms with van der Waals surface area (Å²) >= 11 is 0.992. The van der Waals surface area contributed by atoms with Crippen LogP contribution in [0.5, 0.6) is 0 Å². The van der Waals surface area contributed by atoms with E-state index in [0.717, 1.165) is 11.3 Å². The second-order valence-corrected chi connectivity index (χ2v) is 5.89. The van der Waals surface area contributed by atoms with Gasteiger partial charge in [-0.3, -0.25) is 10.1 Å². The van der Waals surface area contributed by atoms with Gasteiger partial charge in [0, 0.05) is 12.0 Å². The minimum absolute atomic E-state index is 0.213. The quantitative estimate of drug-likeness (QED) is 0.855. The van der Waals surface area contributed by atoms with E-state index in [1.54, 1.807) is 12.1 Å². The third-order valence-electron chi connectivity index (χ3n) is 3.24. The molecule has 1 N–H and O–H groups in total. The molecule has 1 aromatic heterocycles. The first-order valence-electron chi connectivity index (χ1n) is 6.90. The summed E-state index contributed by atoms with van der Waals surface area (Å²) in [4.78, 5) is 32.8. The molecule has 3 rings (SSSR count). The SMILES string of the molecule is COC(=O)c1cnc(NC(=O)C2CC(c3cccc(F)c3)=NO2)s1. The van der Waals surface area contributed by atoms with Gasteiger partial charge < -0.3 is 9.57 Å². The lowest BCUT2D eigenvalue weighted by atomic mass is 10.0. The Hall–Kier alpha value is -2.81. The Kier molecular flexibility index (Phi) is 4.52. The summed E-state index contributed by atoms with van der Waals surface area (Å²) in [5.74, 6) is -1.36. The fourth-order valence-electron chi connectivity index (χ4n) is 2.07. The van der Waals surface area contributed by atoms with E-state index in [9.17, 15) is 14.0 Å². The number of hydrogen-bond acceptors (Lipinski definition) is 7. The number of esters is 1. The molecule has 1 unspecified atom stereocenters. The van der Waals surface area contributed by atoms with Crippen LogP contribution in [-0.4, -0.2) is 35.8 Å². The molecule has 0 aliphatic carbocycles. The Bertz CT molecular complexity index is 821. The highest BCUT2D eigenvalue weighted by Crippen LogP contribution is 2.22. The molecule has 1 atom stereocenters. The number of nitrogens with zero attached hydrogens (tertiary/aromatic N) is 2. The Morgan fingerprint density at radius 2 is 2.29 bits per heavy atom. The van der Waals surface area contributed by atoms with E-state index >= 15 is 0 Å². The first-order valence-corrected chi connectivity index (χ1v) is 7.72. The zero-order valence-electron chi connectivity index (χ0n) is 12.5. The summed E-state index contributed by atoms with van der Waals surface area (Å²) in [7, 11) is 1.26. The van der Waals surface area contributed by atoms with Crippen LogP contribution in [0.15, 0.2) is 35.6 Å². The summed E-state index contributed by atoms with van der Waals surface area (Å²) in [6.07, 6.45) is 0.689. The first-order chi connectivity index (χ1) is 11.6. The molecule has 2 aromatic rings. The lowest BCUT2D eigenvalue weighted by Crippen LogP contribution is -2.27. The van der Waals surface area contributed by atoms with Crippen molar-refractivity contribution in [2.24, 2.45) is 5.16 Å². The number of rotatable bonds is 4. The molecule has 0 saturated heterocycles. The van der Waals surface area contributed by atoms with Crippen LogP contribution >= 0.6 is 11.3 Å². The van der Waals surface area contributed by atoms with Gasteiger partial charge in [-0.1, -0.05) is 28.6 Å². The second kappa shape index (κ2) is 6.75. The molecule has 0 bridgehead atoms. The largest absolute Gasteiger partial charge is 0.465 e.